The lowest BCUT2D eigenvalue weighted by Gasteiger charge is -2.15. The van der Waals surface area contributed by atoms with E-state index in [2.05, 4.69) is 58.7 Å². The molecule has 1 aromatic rings. The quantitative estimate of drug-likeness (QED) is 0.104. The average molecular weight is 787 g/mol. The molecule has 1 unspecified atom stereocenters. The number of hydrogen-bond acceptors (Lipinski definition) is 8. The van der Waals surface area contributed by atoms with E-state index in [1.165, 1.54) is 38.4 Å². The number of aliphatic hydroxyl groups is 1. The van der Waals surface area contributed by atoms with Gasteiger partial charge in [-0.3, -0.25) is 9.59 Å². The minimum Gasteiger partial charge on any atom is -0.512 e. The number of rotatable bonds is 15. The molecule has 1 aliphatic carbocycles. The summed E-state index contributed by atoms with van der Waals surface area (Å²) in [6, 6.07) is 2.09. The molecule has 2 N–H and O–H groups in total. The minimum atomic E-state index is -0.571. The van der Waals surface area contributed by atoms with Crippen LogP contribution in [0.15, 0.2) is 101 Å². The molecule has 58 heavy (non-hydrogen) atoms. The van der Waals surface area contributed by atoms with E-state index in [0.29, 0.717) is 41.2 Å². The van der Waals surface area contributed by atoms with E-state index in [-0.39, 0.29) is 30.7 Å². The second kappa shape index (κ2) is 18.3. The Labute approximate surface area is 344 Å². The maximum Gasteiger partial charge on any atom is 0.313 e. The van der Waals surface area contributed by atoms with Crippen LogP contribution in [0.4, 0.5) is 0 Å². The van der Waals surface area contributed by atoms with E-state index in [0.717, 1.165) is 92.2 Å². The molecule has 8 bridgehead atoms. The van der Waals surface area contributed by atoms with Crippen molar-refractivity contribution in [3.8, 4) is 0 Å². The number of allylic oxidation sites excluding steroid dienone is 10. The number of aromatic nitrogens is 1. The second-order valence-electron chi connectivity index (χ2n) is 17.1. The Hall–Kier alpha value is -5.05. The molecule has 2 atom stereocenters. The summed E-state index contributed by atoms with van der Waals surface area (Å²) in [6.45, 7) is 19.1. The molecule has 9 heteroatoms. The van der Waals surface area contributed by atoms with Crippen molar-refractivity contribution in [1.29, 1.82) is 0 Å². The molecule has 5 heterocycles. The van der Waals surface area contributed by atoms with Crippen LogP contribution in [-0.4, -0.2) is 52.9 Å². The first-order valence-corrected chi connectivity index (χ1v) is 21.3. The summed E-state index contributed by atoms with van der Waals surface area (Å²) in [5.41, 5.74) is 12.8. The molecule has 5 aliphatic rings. The van der Waals surface area contributed by atoms with Crippen LogP contribution in [-0.2, 0) is 25.5 Å². The van der Waals surface area contributed by atoms with Crippen LogP contribution in [0.25, 0.3) is 11.6 Å². The van der Waals surface area contributed by atoms with Crippen LogP contribution in [0.1, 0.15) is 126 Å². The molecule has 9 nitrogen and oxygen atoms in total. The molecule has 0 aromatic carbocycles. The van der Waals surface area contributed by atoms with Crippen molar-refractivity contribution in [1.82, 2.24) is 4.98 Å². The Morgan fingerprint density at radius 3 is 2.34 bits per heavy atom. The first kappa shape index (κ1) is 42.6. The van der Waals surface area contributed by atoms with Crippen molar-refractivity contribution >= 4 is 40.7 Å². The Morgan fingerprint density at radius 2 is 1.64 bits per heavy atom. The number of aliphatic imine (C=N–C) groups is 3. The molecule has 0 amide bonds. The number of nitrogens with one attached hydrogen (secondary N) is 1. The van der Waals surface area contributed by atoms with Gasteiger partial charge < -0.3 is 19.6 Å². The molecular formula is C49H62N4O5. The third-order valence-electron chi connectivity index (χ3n) is 12.3. The van der Waals surface area contributed by atoms with Crippen molar-refractivity contribution in [2.24, 2.45) is 32.7 Å². The second-order valence-corrected chi connectivity index (χ2v) is 17.1. The summed E-state index contributed by atoms with van der Waals surface area (Å²) >= 11 is 0. The van der Waals surface area contributed by atoms with Crippen molar-refractivity contribution in [3.05, 3.63) is 102 Å². The molecule has 4 aliphatic heterocycles. The van der Waals surface area contributed by atoms with Gasteiger partial charge in [-0.2, -0.15) is 0 Å². The largest absolute Gasteiger partial charge is 0.512 e. The van der Waals surface area contributed by atoms with Gasteiger partial charge in [-0.1, -0.05) is 59.0 Å². The van der Waals surface area contributed by atoms with Gasteiger partial charge in [0.2, 0.25) is 0 Å². The maximum atomic E-state index is 13.4. The highest BCUT2D eigenvalue weighted by Crippen LogP contribution is 2.39. The number of carbonyl (C=O) groups is 2. The normalized spacial score (nSPS) is 20.3. The summed E-state index contributed by atoms with van der Waals surface area (Å²) in [4.78, 5) is 45.7. The predicted octanol–water partition coefficient (Wildman–Crippen LogP) is 9.49. The van der Waals surface area contributed by atoms with Gasteiger partial charge in [-0.15, -0.1) is 0 Å². The zero-order valence-corrected chi connectivity index (χ0v) is 36.3. The van der Waals surface area contributed by atoms with Crippen molar-refractivity contribution < 1.29 is 24.2 Å². The predicted molar refractivity (Wildman–Crippen MR) is 235 cm³/mol. The summed E-state index contributed by atoms with van der Waals surface area (Å²) in [6.07, 6.45) is 17.0. The molecule has 0 saturated carbocycles. The smallest absolute Gasteiger partial charge is 0.313 e. The van der Waals surface area contributed by atoms with E-state index in [1.807, 2.05) is 32.1 Å². The lowest BCUT2D eigenvalue weighted by Crippen LogP contribution is -2.26. The van der Waals surface area contributed by atoms with Crippen LogP contribution >= 0.6 is 0 Å². The van der Waals surface area contributed by atoms with E-state index >= 15 is 0 Å². The molecule has 1 aromatic heterocycles. The maximum absolute atomic E-state index is 13.4. The third-order valence-corrected chi connectivity index (χ3v) is 12.3. The van der Waals surface area contributed by atoms with Crippen LogP contribution in [0, 0.1) is 17.8 Å². The van der Waals surface area contributed by atoms with E-state index in [1.54, 1.807) is 6.92 Å². The number of methoxy groups -OCH3 is 1. The lowest BCUT2D eigenvalue weighted by atomic mass is 9.89. The summed E-state index contributed by atoms with van der Waals surface area (Å²) in [7, 11) is 1.42. The first-order valence-electron chi connectivity index (χ1n) is 21.3. The Morgan fingerprint density at radius 1 is 0.914 bits per heavy atom. The van der Waals surface area contributed by atoms with E-state index in [4.69, 9.17) is 24.5 Å². The fraction of sp³-hybridized carbons (Fsp3) is 0.490. The number of nitrogens with zero attached hydrogens (tertiary/aromatic N) is 3. The van der Waals surface area contributed by atoms with Gasteiger partial charge >= 0.3 is 11.9 Å². The Bertz CT molecular complexity index is 2320. The monoisotopic (exact) mass is 786 g/mol. The highest BCUT2D eigenvalue weighted by atomic mass is 16.5. The van der Waals surface area contributed by atoms with Gasteiger partial charge in [0.25, 0.3) is 0 Å². The molecule has 0 radical (unpaired) electrons. The lowest BCUT2D eigenvalue weighted by molar-refractivity contribution is -0.143. The van der Waals surface area contributed by atoms with Gasteiger partial charge in [0.15, 0.2) is 0 Å². The summed E-state index contributed by atoms with van der Waals surface area (Å²) < 4.78 is 11.1. The summed E-state index contributed by atoms with van der Waals surface area (Å²) in [5.74, 6) is 0.476. The molecule has 0 fully saturated rings. The SMILES string of the molecule is CCC1=C(C)C2=CC3=NC(=C(C)C3=C(C)O)C=C3N=C(C(CCC(=O)OC/C=C(\C)CCCC(C)CCCC(C)C)=C3C)C3=c4[nH]c(cc4C[C@@H]3C(=O)OC)=CC1=N2. The van der Waals surface area contributed by atoms with Crippen molar-refractivity contribution in [2.45, 2.75) is 127 Å². The van der Waals surface area contributed by atoms with Gasteiger partial charge in [-0.25, -0.2) is 15.0 Å². The van der Waals surface area contributed by atoms with Crippen LogP contribution < -0.4 is 10.7 Å². The standard InChI is InChI=1S/C49H62N4O5/c1-11-36-30(6)39-26-43-45(33(9)54)32(8)41(52-43)25-40-31(7)37(18-19-44(55)58-21-20-29(5)17-13-16-28(4)15-12-14-27(2)3)48(53-40)46-38(49(56)57-10)23-34-22-35(50-47(34)46)24-42(36)51-39/h20,22,24-28,38,50,54H,11-19,21,23H2,1-10H3/b29-20+,35-24?,39-26?,40-25?,45-33?/t28?,38-/m0/s1. The molecule has 0 saturated heterocycles. The molecule has 0 spiro atoms. The molecule has 6 rings (SSSR count). The van der Waals surface area contributed by atoms with E-state index < -0.39 is 5.92 Å². The summed E-state index contributed by atoms with van der Waals surface area (Å²) in [5, 5.41) is 12.6. The molecule has 308 valence electrons. The Balaban J connectivity index is 1.31. The van der Waals surface area contributed by atoms with Crippen LogP contribution in [0.5, 0.6) is 0 Å². The fourth-order valence-electron chi connectivity index (χ4n) is 8.85. The van der Waals surface area contributed by atoms with Gasteiger partial charge in [0, 0.05) is 28.3 Å². The highest BCUT2D eigenvalue weighted by Gasteiger charge is 2.38. The number of esters is 2. The first-order chi connectivity index (χ1) is 27.7. The molecular weight excluding hydrogens is 725 g/mol. The van der Waals surface area contributed by atoms with Crippen LogP contribution in [0.3, 0.4) is 0 Å². The minimum absolute atomic E-state index is 0.159. The van der Waals surface area contributed by atoms with E-state index in [9.17, 15) is 14.7 Å². The Kier molecular flexibility index (Phi) is 13.4. The number of aliphatic hydroxyl groups excluding tert-OH is 1. The van der Waals surface area contributed by atoms with Gasteiger partial charge in [0.1, 0.15) is 6.61 Å². The fourth-order valence-corrected chi connectivity index (χ4v) is 8.85. The zero-order valence-electron chi connectivity index (χ0n) is 36.3. The number of fused-ring (bicyclic) bond motifs is 5. The number of ether oxygens (including phenoxy) is 2. The number of H-pyrrole nitrogens is 1. The van der Waals surface area contributed by atoms with Crippen LogP contribution in [0.2, 0.25) is 0 Å². The van der Waals surface area contributed by atoms with Gasteiger partial charge in [0.05, 0.1) is 53.0 Å². The van der Waals surface area contributed by atoms with Crippen molar-refractivity contribution in [2.75, 3.05) is 13.7 Å². The zero-order chi connectivity index (χ0) is 41.8. The third kappa shape index (κ3) is 9.14. The topological polar surface area (TPSA) is 126 Å². The van der Waals surface area contributed by atoms with Crippen molar-refractivity contribution in [3.63, 3.8) is 0 Å². The number of hydrogen-bond donors (Lipinski definition) is 2. The number of carbonyl (C=O) groups excluding carboxylic acids is 2. The average Bonchev–Trinajstić information content (AvgIpc) is 3.94. The highest BCUT2D eigenvalue weighted by molar-refractivity contribution is 6.32. The number of aromatic amines is 1. The van der Waals surface area contributed by atoms with Gasteiger partial charge in [-0.05, 0) is 142 Å².